The van der Waals surface area contributed by atoms with Crippen molar-refractivity contribution >= 4 is 29.0 Å². The average molecular weight is 470 g/mol. The Morgan fingerprint density at radius 3 is 2.06 bits per heavy atom. The molecule has 0 unspecified atom stereocenters. The van der Waals surface area contributed by atoms with Gasteiger partial charge in [-0.2, -0.15) is 13.2 Å². The molecule has 0 fully saturated rings. The molecule has 3 aromatic carbocycles. The number of alkyl halides is 3. The van der Waals surface area contributed by atoms with Crippen LogP contribution in [-0.2, 0) is 11.0 Å². The topological polar surface area (TPSA) is 84.5 Å². The lowest BCUT2D eigenvalue weighted by atomic mass is 10.1. The molecule has 0 heterocycles. The standard InChI is InChI=1S/C25H21F3N2O4/c1-15(31)17-9-11-22(12-10-17)34-16(2)23(32)29-20-7-3-5-18(13-20)24(33)30-21-8-4-6-19(14-21)25(26,27)28/h3-14,16H,1-2H3,(H,29,32)(H,30,33)/t16-/m1/s1. The third-order valence-corrected chi connectivity index (χ3v) is 4.78. The highest BCUT2D eigenvalue weighted by Crippen LogP contribution is 2.30. The molecular formula is C25H21F3N2O4. The molecule has 2 amide bonds. The first-order valence-corrected chi connectivity index (χ1v) is 10.2. The van der Waals surface area contributed by atoms with Crippen LogP contribution in [0.15, 0.2) is 72.8 Å². The summed E-state index contributed by atoms with van der Waals surface area (Å²) >= 11 is 0. The summed E-state index contributed by atoms with van der Waals surface area (Å²) in [6.07, 6.45) is -5.41. The fourth-order valence-corrected chi connectivity index (χ4v) is 2.98. The Balaban J connectivity index is 1.63. The van der Waals surface area contributed by atoms with E-state index in [0.29, 0.717) is 17.0 Å². The lowest BCUT2D eigenvalue weighted by molar-refractivity contribution is -0.137. The zero-order valence-electron chi connectivity index (χ0n) is 18.3. The van der Waals surface area contributed by atoms with Crippen molar-refractivity contribution in [1.29, 1.82) is 0 Å². The summed E-state index contributed by atoms with van der Waals surface area (Å²) in [5, 5.41) is 5.05. The van der Waals surface area contributed by atoms with E-state index in [2.05, 4.69) is 10.6 Å². The minimum absolute atomic E-state index is 0.00734. The molecular weight excluding hydrogens is 449 g/mol. The molecule has 0 aromatic heterocycles. The number of rotatable bonds is 7. The number of carbonyl (C=O) groups is 3. The summed E-state index contributed by atoms with van der Waals surface area (Å²) in [6, 6.07) is 16.6. The SMILES string of the molecule is CC(=O)c1ccc(O[C@H](C)C(=O)Nc2cccc(C(=O)Nc3cccc(C(F)(F)F)c3)c2)cc1. The van der Waals surface area contributed by atoms with Crippen LogP contribution < -0.4 is 15.4 Å². The first kappa shape index (κ1) is 24.5. The molecule has 1 atom stereocenters. The van der Waals surface area contributed by atoms with Crippen molar-refractivity contribution in [1.82, 2.24) is 0 Å². The maximum atomic E-state index is 12.9. The number of ketones is 1. The zero-order valence-corrected chi connectivity index (χ0v) is 18.3. The summed E-state index contributed by atoms with van der Waals surface area (Å²) in [7, 11) is 0. The van der Waals surface area contributed by atoms with Crippen LogP contribution in [0.1, 0.15) is 40.1 Å². The molecule has 2 N–H and O–H groups in total. The van der Waals surface area contributed by atoms with E-state index in [-0.39, 0.29) is 17.0 Å². The number of anilines is 2. The van der Waals surface area contributed by atoms with Crippen LogP contribution in [0.3, 0.4) is 0 Å². The number of carbonyl (C=O) groups excluding carboxylic acids is 3. The lowest BCUT2D eigenvalue weighted by Crippen LogP contribution is -2.30. The Kier molecular flexibility index (Phi) is 7.35. The minimum Gasteiger partial charge on any atom is -0.481 e. The van der Waals surface area contributed by atoms with E-state index in [9.17, 15) is 27.6 Å². The predicted octanol–water partition coefficient (Wildman–Crippen LogP) is 5.57. The average Bonchev–Trinajstić information content (AvgIpc) is 2.79. The molecule has 3 rings (SSSR count). The van der Waals surface area contributed by atoms with Crippen LogP contribution in [-0.4, -0.2) is 23.7 Å². The molecule has 0 radical (unpaired) electrons. The number of benzene rings is 3. The van der Waals surface area contributed by atoms with Gasteiger partial charge < -0.3 is 15.4 Å². The number of halogens is 3. The fraction of sp³-hybridized carbons (Fsp3) is 0.160. The largest absolute Gasteiger partial charge is 0.481 e. The van der Waals surface area contributed by atoms with E-state index in [0.717, 1.165) is 12.1 Å². The second-order valence-electron chi connectivity index (χ2n) is 7.44. The Labute approximate surface area is 193 Å². The molecule has 34 heavy (non-hydrogen) atoms. The zero-order chi connectivity index (χ0) is 24.9. The summed E-state index contributed by atoms with van der Waals surface area (Å²) in [6.45, 7) is 2.98. The second-order valence-corrected chi connectivity index (χ2v) is 7.44. The Bertz CT molecular complexity index is 1210. The van der Waals surface area contributed by atoms with Gasteiger partial charge in [0.1, 0.15) is 5.75 Å². The summed E-state index contributed by atoms with van der Waals surface area (Å²) in [4.78, 5) is 36.4. The van der Waals surface area contributed by atoms with Crippen molar-refractivity contribution in [3.05, 3.63) is 89.5 Å². The molecule has 6 nitrogen and oxygen atoms in total. The van der Waals surface area contributed by atoms with E-state index in [1.54, 1.807) is 37.3 Å². The van der Waals surface area contributed by atoms with E-state index < -0.39 is 29.7 Å². The predicted molar refractivity (Wildman–Crippen MR) is 121 cm³/mol. The molecule has 3 aromatic rings. The van der Waals surface area contributed by atoms with Gasteiger partial charge in [-0.25, -0.2) is 0 Å². The monoisotopic (exact) mass is 470 g/mol. The molecule has 9 heteroatoms. The summed E-state index contributed by atoms with van der Waals surface area (Å²) in [5.74, 6) is -0.799. The molecule has 0 spiro atoms. The van der Waals surface area contributed by atoms with E-state index in [1.165, 1.54) is 37.3 Å². The molecule has 176 valence electrons. The van der Waals surface area contributed by atoms with Crippen molar-refractivity contribution in [3.8, 4) is 5.75 Å². The number of nitrogens with one attached hydrogen (secondary N) is 2. The van der Waals surface area contributed by atoms with Crippen molar-refractivity contribution in [2.75, 3.05) is 10.6 Å². The first-order valence-electron chi connectivity index (χ1n) is 10.2. The molecule has 0 bridgehead atoms. The van der Waals surface area contributed by atoms with Crippen LogP contribution in [0.5, 0.6) is 5.75 Å². The lowest BCUT2D eigenvalue weighted by Gasteiger charge is -2.15. The van der Waals surface area contributed by atoms with Gasteiger partial charge in [-0.3, -0.25) is 14.4 Å². The highest BCUT2D eigenvalue weighted by Gasteiger charge is 2.30. The van der Waals surface area contributed by atoms with Crippen LogP contribution in [0.2, 0.25) is 0 Å². The maximum Gasteiger partial charge on any atom is 0.416 e. The number of hydrogen-bond donors (Lipinski definition) is 2. The van der Waals surface area contributed by atoms with Crippen LogP contribution in [0, 0.1) is 0 Å². The van der Waals surface area contributed by atoms with Gasteiger partial charge in [0, 0.05) is 22.5 Å². The molecule has 0 aliphatic carbocycles. The van der Waals surface area contributed by atoms with Crippen LogP contribution >= 0.6 is 0 Å². The maximum absolute atomic E-state index is 12.9. The Morgan fingerprint density at radius 2 is 1.44 bits per heavy atom. The highest BCUT2D eigenvalue weighted by molar-refractivity contribution is 6.05. The number of hydrogen-bond acceptors (Lipinski definition) is 4. The van der Waals surface area contributed by atoms with Gasteiger partial charge in [-0.1, -0.05) is 12.1 Å². The molecule has 0 aliphatic rings. The van der Waals surface area contributed by atoms with Crippen LogP contribution in [0.25, 0.3) is 0 Å². The first-order chi connectivity index (χ1) is 16.0. The molecule has 0 saturated heterocycles. The Morgan fingerprint density at radius 1 is 0.824 bits per heavy atom. The number of Topliss-reactive ketones (excluding diaryl/α,β-unsaturated/α-hetero) is 1. The fourth-order valence-electron chi connectivity index (χ4n) is 2.98. The van der Waals surface area contributed by atoms with E-state index in [4.69, 9.17) is 4.74 Å². The van der Waals surface area contributed by atoms with Gasteiger partial charge >= 0.3 is 6.18 Å². The van der Waals surface area contributed by atoms with Crippen molar-refractivity contribution in [2.45, 2.75) is 26.1 Å². The van der Waals surface area contributed by atoms with Crippen LogP contribution in [0.4, 0.5) is 24.5 Å². The Hall–Kier alpha value is -4.14. The van der Waals surface area contributed by atoms with Gasteiger partial charge in [-0.05, 0) is 74.5 Å². The third kappa shape index (κ3) is 6.44. The summed E-state index contributed by atoms with van der Waals surface area (Å²) < 4.78 is 44.2. The van der Waals surface area contributed by atoms with Gasteiger partial charge in [0.15, 0.2) is 11.9 Å². The van der Waals surface area contributed by atoms with Gasteiger partial charge in [-0.15, -0.1) is 0 Å². The molecule has 0 saturated carbocycles. The van der Waals surface area contributed by atoms with Gasteiger partial charge in [0.25, 0.3) is 11.8 Å². The van der Waals surface area contributed by atoms with Gasteiger partial charge in [0.2, 0.25) is 0 Å². The highest BCUT2D eigenvalue weighted by atomic mass is 19.4. The van der Waals surface area contributed by atoms with Gasteiger partial charge in [0.05, 0.1) is 5.56 Å². The quantitative estimate of drug-likeness (QED) is 0.443. The molecule has 0 aliphatic heterocycles. The van der Waals surface area contributed by atoms with E-state index >= 15 is 0 Å². The number of amides is 2. The van der Waals surface area contributed by atoms with Crippen molar-refractivity contribution in [2.24, 2.45) is 0 Å². The van der Waals surface area contributed by atoms with Crippen molar-refractivity contribution < 1.29 is 32.3 Å². The number of ether oxygens (including phenoxy) is 1. The normalized spacial score (nSPS) is 11.9. The minimum atomic E-state index is -4.53. The summed E-state index contributed by atoms with van der Waals surface area (Å²) in [5.41, 5.74) is 0.0840. The smallest absolute Gasteiger partial charge is 0.416 e. The second kappa shape index (κ2) is 10.2. The third-order valence-electron chi connectivity index (χ3n) is 4.78. The van der Waals surface area contributed by atoms with E-state index in [1.807, 2.05) is 0 Å². The van der Waals surface area contributed by atoms with Crippen molar-refractivity contribution in [3.63, 3.8) is 0 Å².